The lowest BCUT2D eigenvalue weighted by atomic mass is 9.88. The number of ketones is 1. The fourth-order valence-corrected chi connectivity index (χ4v) is 5.25. The van der Waals surface area contributed by atoms with Gasteiger partial charge >= 0.3 is 0 Å². The first-order chi connectivity index (χ1) is 14.2. The summed E-state index contributed by atoms with van der Waals surface area (Å²) in [6.45, 7) is 2.87. The molecule has 2 heterocycles. The molecule has 1 aliphatic heterocycles. The van der Waals surface area contributed by atoms with Gasteiger partial charge in [-0.3, -0.25) is 4.79 Å². The van der Waals surface area contributed by atoms with Crippen LogP contribution in [0.4, 0.5) is 11.4 Å². The van der Waals surface area contributed by atoms with Gasteiger partial charge in [-0.05, 0) is 48.9 Å². The average Bonchev–Trinajstić information content (AvgIpc) is 3.21. The predicted molar refractivity (Wildman–Crippen MR) is 120 cm³/mol. The number of fused-ring (bicyclic) bond motifs is 1. The number of carbonyl (C=O) groups is 1. The van der Waals surface area contributed by atoms with E-state index < -0.39 is 0 Å². The summed E-state index contributed by atoms with van der Waals surface area (Å²) in [5, 5.41) is 5.74. The van der Waals surface area contributed by atoms with E-state index in [0.717, 1.165) is 42.0 Å². The van der Waals surface area contributed by atoms with E-state index in [1.54, 1.807) is 11.3 Å². The Bertz CT molecular complexity index is 1070. The highest BCUT2D eigenvalue weighted by molar-refractivity contribution is 7.10. The maximum Gasteiger partial charge on any atom is 0.163 e. The Labute approximate surface area is 175 Å². The first-order valence-corrected chi connectivity index (χ1v) is 11.1. The molecule has 2 aliphatic rings. The summed E-state index contributed by atoms with van der Waals surface area (Å²) in [6.07, 6.45) is 2.48. The molecule has 4 heteroatoms. The number of carbonyl (C=O) groups excluding carboxylic acids is 1. The van der Waals surface area contributed by atoms with Crippen molar-refractivity contribution < 1.29 is 4.79 Å². The van der Waals surface area contributed by atoms with Gasteiger partial charge in [0.25, 0.3) is 0 Å². The first-order valence-electron chi connectivity index (χ1n) is 10.2. The lowest BCUT2D eigenvalue weighted by Gasteiger charge is -2.34. The lowest BCUT2D eigenvalue weighted by molar-refractivity contribution is -0.116. The van der Waals surface area contributed by atoms with Crippen LogP contribution in [0, 0.1) is 6.92 Å². The zero-order valence-corrected chi connectivity index (χ0v) is 17.3. The van der Waals surface area contributed by atoms with Crippen molar-refractivity contribution in [2.75, 3.05) is 10.2 Å². The van der Waals surface area contributed by atoms with Gasteiger partial charge in [0.15, 0.2) is 5.78 Å². The summed E-state index contributed by atoms with van der Waals surface area (Å²) in [5.41, 5.74) is 6.78. The van der Waals surface area contributed by atoms with Crippen LogP contribution < -0.4 is 10.2 Å². The van der Waals surface area contributed by atoms with Crippen molar-refractivity contribution >= 4 is 28.5 Å². The average molecular weight is 401 g/mol. The third-order valence-corrected chi connectivity index (χ3v) is 6.75. The van der Waals surface area contributed by atoms with Gasteiger partial charge in [-0.15, -0.1) is 11.3 Å². The number of benzene rings is 2. The van der Waals surface area contributed by atoms with E-state index in [9.17, 15) is 4.79 Å². The minimum absolute atomic E-state index is 0.0600. The molecule has 0 spiro atoms. The second kappa shape index (κ2) is 7.53. The molecule has 3 aromatic rings. The Morgan fingerprint density at radius 2 is 1.86 bits per heavy atom. The molecule has 2 aromatic carbocycles. The SMILES string of the molecule is Cc1ccc(CN2c3ccccc3NC3=C(C(=O)CCC3)C2c2cccs2)cc1. The number of hydrogen-bond donors (Lipinski definition) is 1. The van der Waals surface area contributed by atoms with Gasteiger partial charge in [0.2, 0.25) is 0 Å². The van der Waals surface area contributed by atoms with Crippen molar-refractivity contribution in [3.05, 3.63) is 93.3 Å². The number of Topliss-reactive ketones (excluding diaryl/α,β-unsaturated/α-hetero) is 1. The largest absolute Gasteiger partial charge is 0.357 e. The molecule has 1 aliphatic carbocycles. The highest BCUT2D eigenvalue weighted by Gasteiger charge is 2.37. The van der Waals surface area contributed by atoms with Crippen molar-refractivity contribution in [1.29, 1.82) is 0 Å². The van der Waals surface area contributed by atoms with Crippen molar-refractivity contribution in [3.8, 4) is 0 Å². The van der Waals surface area contributed by atoms with Crippen LogP contribution in [0.1, 0.15) is 41.3 Å². The Hall–Kier alpha value is -2.85. The zero-order chi connectivity index (χ0) is 19.8. The van der Waals surface area contributed by atoms with Crippen LogP contribution >= 0.6 is 11.3 Å². The Kier molecular flexibility index (Phi) is 4.72. The summed E-state index contributed by atoms with van der Waals surface area (Å²) < 4.78 is 0. The molecule has 1 atom stereocenters. The molecular weight excluding hydrogens is 376 g/mol. The molecule has 146 valence electrons. The Balaban J connectivity index is 1.70. The number of anilines is 2. The molecule has 0 fully saturated rings. The summed E-state index contributed by atoms with van der Waals surface area (Å²) >= 11 is 1.73. The molecule has 1 N–H and O–H groups in total. The van der Waals surface area contributed by atoms with Crippen LogP contribution in [0.5, 0.6) is 0 Å². The summed E-state index contributed by atoms with van der Waals surface area (Å²) in [7, 11) is 0. The van der Waals surface area contributed by atoms with Crippen LogP contribution in [0.15, 0.2) is 77.3 Å². The van der Waals surface area contributed by atoms with Crippen molar-refractivity contribution in [2.45, 2.75) is 38.8 Å². The van der Waals surface area contributed by atoms with Gasteiger partial charge < -0.3 is 10.2 Å². The molecule has 1 unspecified atom stereocenters. The molecule has 1 aromatic heterocycles. The second-order valence-electron chi connectivity index (χ2n) is 7.84. The van der Waals surface area contributed by atoms with Gasteiger partial charge in [-0.1, -0.05) is 48.0 Å². The number of nitrogens with zero attached hydrogens (tertiary/aromatic N) is 1. The molecular formula is C25H24N2OS. The number of nitrogens with one attached hydrogen (secondary N) is 1. The first kappa shape index (κ1) is 18.2. The third-order valence-electron chi connectivity index (χ3n) is 5.83. The zero-order valence-electron chi connectivity index (χ0n) is 16.5. The van der Waals surface area contributed by atoms with E-state index in [0.29, 0.717) is 6.42 Å². The molecule has 0 saturated carbocycles. The van der Waals surface area contributed by atoms with Gasteiger partial charge in [0.05, 0.1) is 17.4 Å². The molecule has 29 heavy (non-hydrogen) atoms. The van der Waals surface area contributed by atoms with Crippen molar-refractivity contribution in [1.82, 2.24) is 0 Å². The molecule has 0 amide bonds. The maximum atomic E-state index is 13.2. The topological polar surface area (TPSA) is 32.3 Å². The van der Waals surface area contributed by atoms with Crippen LogP contribution in [-0.2, 0) is 11.3 Å². The van der Waals surface area contributed by atoms with E-state index >= 15 is 0 Å². The lowest BCUT2D eigenvalue weighted by Crippen LogP contribution is -2.32. The predicted octanol–water partition coefficient (Wildman–Crippen LogP) is 6.24. The number of aryl methyl sites for hydroxylation is 1. The van der Waals surface area contributed by atoms with Crippen molar-refractivity contribution in [3.63, 3.8) is 0 Å². The quantitative estimate of drug-likeness (QED) is 0.565. The van der Waals surface area contributed by atoms with Gasteiger partial charge in [0, 0.05) is 29.1 Å². The molecule has 0 bridgehead atoms. The van der Waals surface area contributed by atoms with E-state index in [2.05, 4.69) is 83.2 Å². The van der Waals surface area contributed by atoms with Crippen LogP contribution in [0.3, 0.4) is 0 Å². The van der Waals surface area contributed by atoms with Crippen molar-refractivity contribution in [2.24, 2.45) is 0 Å². The van der Waals surface area contributed by atoms with E-state index in [-0.39, 0.29) is 11.8 Å². The summed E-state index contributed by atoms with van der Waals surface area (Å²) in [5.74, 6) is 0.277. The number of para-hydroxylation sites is 2. The smallest absolute Gasteiger partial charge is 0.163 e. The van der Waals surface area contributed by atoms with Crippen LogP contribution in [0.25, 0.3) is 0 Å². The fourth-order valence-electron chi connectivity index (χ4n) is 4.41. The Morgan fingerprint density at radius 3 is 2.66 bits per heavy atom. The third kappa shape index (κ3) is 3.38. The van der Waals surface area contributed by atoms with Crippen LogP contribution in [-0.4, -0.2) is 5.78 Å². The van der Waals surface area contributed by atoms with Gasteiger partial charge in [0.1, 0.15) is 0 Å². The number of rotatable bonds is 3. The highest BCUT2D eigenvalue weighted by atomic mass is 32.1. The van der Waals surface area contributed by atoms with Crippen LogP contribution in [0.2, 0.25) is 0 Å². The van der Waals surface area contributed by atoms with E-state index in [4.69, 9.17) is 0 Å². The monoisotopic (exact) mass is 400 g/mol. The maximum absolute atomic E-state index is 13.2. The van der Waals surface area contributed by atoms with E-state index in [1.807, 2.05) is 0 Å². The molecule has 5 rings (SSSR count). The van der Waals surface area contributed by atoms with Gasteiger partial charge in [-0.2, -0.15) is 0 Å². The minimum Gasteiger partial charge on any atom is -0.357 e. The molecule has 0 saturated heterocycles. The molecule has 0 radical (unpaired) electrons. The number of allylic oxidation sites excluding steroid dienone is 1. The number of hydrogen-bond acceptors (Lipinski definition) is 4. The Morgan fingerprint density at radius 1 is 1.03 bits per heavy atom. The highest BCUT2D eigenvalue weighted by Crippen LogP contribution is 2.46. The molecule has 3 nitrogen and oxygen atoms in total. The normalized spacial score (nSPS) is 18.7. The fraction of sp³-hybridized carbons (Fsp3) is 0.240. The minimum atomic E-state index is -0.0600. The summed E-state index contributed by atoms with van der Waals surface area (Å²) in [6, 6.07) is 21.3. The number of thiophene rings is 1. The standard InChI is InChI=1S/C25H24N2OS/c1-17-11-13-18(14-12-17)16-27-21-8-3-2-6-19(21)26-20-7-4-9-22(28)24(20)25(27)23-10-5-15-29-23/h2-3,5-6,8,10-15,25-26H,4,7,9,16H2,1H3. The second-order valence-corrected chi connectivity index (χ2v) is 8.82. The van der Waals surface area contributed by atoms with E-state index in [1.165, 1.54) is 16.0 Å². The van der Waals surface area contributed by atoms with Gasteiger partial charge in [-0.25, -0.2) is 0 Å². The summed E-state index contributed by atoms with van der Waals surface area (Å²) in [4.78, 5) is 16.8.